The van der Waals surface area contributed by atoms with E-state index in [1.54, 1.807) is 0 Å². The largest absolute Gasteiger partial charge is 0.390 e. The number of ether oxygens (including phenoxy) is 1. The minimum Gasteiger partial charge on any atom is -0.390 e. The van der Waals surface area contributed by atoms with Gasteiger partial charge in [-0.3, -0.25) is 0 Å². The van der Waals surface area contributed by atoms with E-state index in [4.69, 9.17) is 5.11 Å². The van der Waals surface area contributed by atoms with Crippen molar-refractivity contribution in [3.8, 4) is 0 Å². The molecule has 0 aromatic carbocycles. The first-order valence-corrected chi connectivity index (χ1v) is 3.73. The van der Waals surface area contributed by atoms with Gasteiger partial charge in [0.1, 0.15) is 12.2 Å². The van der Waals surface area contributed by atoms with E-state index in [1.165, 1.54) is 6.92 Å². The Kier molecular flexibility index (Phi) is 2.79. The van der Waals surface area contributed by atoms with Crippen LogP contribution in [0.25, 0.3) is 0 Å². The first-order valence-electron chi connectivity index (χ1n) is 3.73. The summed E-state index contributed by atoms with van der Waals surface area (Å²) in [6.07, 6.45) is -4.22. The fourth-order valence-electron chi connectivity index (χ4n) is 1.20. The summed E-state index contributed by atoms with van der Waals surface area (Å²) >= 11 is 0. The summed E-state index contributed by atoms with van der Waals surface area (Å²) in [5.74, 6) is -0.566. The Morgan fingerprint density at radius 1 is 1.25 bits per heavy atom. The molecule has 0 aromatic rings. The highest BCUT2D eigenvalue weighted by Crippen LogP contribution is 2.23. The zero-order valence-electron chi connectivity index (χ0n) is 6.62. The van der Waals surface area contributed by atoms with Crippen LogP contribution in [0.2, 0.25) is 0 Å². The molecule has 0 bridgehead atoms. The van der Waals surface area contributed by atoms with E-state index < -0.39 is 30.5 Å². The number of hydrogen-bond donors (Lipinski definition) is 3. The highest BCUT2D eigenvalue weighted by molar-refractivity contribution is 5.57. The van der Waals surface area contributed by atoms with Gasteiger partial charge < -0.3 is 24.9 Å². The Balaban J connectivity index is 2.70. The van der Waals surface area contributed by atoms with E-state index in [-0.39, 0.29) is 0 Å². The van der Waals surface area contributed by atoms with Gasteiger partial charge in [0.25, 0.3) is 0 Å². The van der Waals surface area contributed by atoms with Crippen molar-refractivity contribution in [1.82, 2.24) is 0 Å². The average Bonchev–Trinajstić information content (AvgIpc) is 2.08. The first kappa shape index (κ1) is 9.60. The maximum atomic E-state index is 10.3. The minimum absolute atomic E-state index is 0.413. The lowest BCUT2D eigenvalue weighted by atomic mass is 9.91. The van der Waals surface area contributed by atoms with Crippen molar-refractivity contribution in [2.45, 2.75) is 31.5 Å². The third-order valence-electron chi connectivity index (χ3n) is 2.14. The van der Waals surface area contributed by atoms with Gasteiger partial charge in [-0.1, -0.05) is 6.92 Å². The summed E-state index contributed by atoms with van der Waals surface area (Å²) in [5, 5.41) is 27.5. The fourth-order valence-corrected chi connectivity index (χ4v) is 1.20. The molecule has 1 heterocycles. The van der Waals surface area contributed by atoms with Crippen LogP contribution < -0.4 is 0 Å². The van der Waals surface area contributed by atoms with Crippen molar-refractivity contribution in [2.24, 2.45) is 5.92 Å². The van der Waals surface area contributed by atoms with Gasteiger partial charge >= 0.3 is 0 Å². The van der Waals surface area contributed by atoms with Crippen LogP contribution in [0.1, 0.15) is 6.92 Å². The van der Waals surface area contributed by atoms with Crippen LogP contribution in [0, 0.1) is 5.92 Å². The minimum atomic E-state index is -1.39. The average molecular weight is 176 g/mol. The van der Waals surface area contributed by atoms with E-state index in [0.29, 0.717) is 6.29 Å². The maximum Gasteiger partial charge on any atom is 0.182 e. The number of aliphatic hydroxyl groups is 3. The summed E-state index contributed by atoms with van der Waals surface area (Å²) in [6.45, 7) is 1.54. The monoisotopic (exact) mass is 176 g/mol. The van der Waals surface area contributed by atoms with E-state index in [0.717, 1.165) is 0 Å². The molecule has 0 aliphatic carbocycles. The van der Waals surface area contributed by atoms with Gasteiger partial charge in [-0.25, -0.2) is 0 Å². The standard InChI is InChI=1S/C7H12O5/c1-3-5(9)4(2-8)12-7(11)6(3)10/h2-7,9-11H,1H3. The zero-order chi connectivity index (χ0) is 9.30. The molecule has 70 valence electrons. The maximum absolute atomic E-state index is 10.3. The highest BCUT2D eigenvalue weighted by atomic mass is 16.6. The number of rotatable bonds is 1. The van der Waals surface area contributed by atoms with Crippen molar-refractivity contribution >= 4 is 6.29 Å². The molecule has 5 atom stereocenters. The Morgan fingerprint density at radius 3 is 2.33 bits per heavy atom. The lowest BCUT2D eigenvalue weighted by Gasteiger charge is -2.36. The predicted octanol–water partition coefficient (Wildman–Crippen LogP) is -1.74. The van der Waals surface area contributed by atoms with Crippen LogP contribution in [-0.2, 0) is 9.53 Å². The molecule has 1 rings (SSSR count). The van der Waals surface area contributed by atoms with Crippen molar-refractivity contribution < 1.29 is 24.9 Å². The van der Waals surface area contributed by atoms with Crippen LogP contribution in [0.3, 0.4) is 0 Å². The summed E-state index contributed by atoms with van der Waals surface area (Å²) in [7, 11) is 0. The predicted molar refractivity (Wildman–Crippen MR) is 38.1 cm³/mol. The lowest BCUT2D eigenvalue weighted by Crippen LogP contribution is -2.53. The molecule has 12 heavy (non-hydrogen) atoms. The SMILES string of the molecule is CC1C(O)C(O)OC(C=O)C1O. The van der Waals surface area contributed by atoms with E-state index in [9.17, 15) is 15.0 Å². The topological polar surface area (TPSA) is 87.0 Å². The number of carbonyl (C=O) groups is 1. The molecule has 1 aliphatic rings. The van der Waals surface area contributed by atoms with Gasteiger partial charge in [0.2, 0.25) is 0 Å². The van der Waals surface area contributed by atoms with E-state index in [2.05, 4.69) is 4.74 Å². The van der Waals surface area contributed by atoms with Crippen molar-refractivity contribution in [3.63, 3.8) is 0 Å². The van der Waals surface area contributed by atoms with E-state index in [1.807, 2.05) is 0 Å². The van der Waals surface area contributed by atoms with Crippen LogP contribution in [0.5, 0.6) is 0 Å². The molecule has 0 aromatic heterocycles. The molecular weight excluding hydrogens is 164 g/mol. The summed E-state index contributed by atoms with van der Waals surface area (Å²) in [6, 6.07) is 0. The number of aldehydes is 1. The molecule has 5 unspecified atom stereocenters. The second-order valence-electron chi connectivity index (χ2n) is 2.97. The Morgan fingerprint density at radius 2 is 1.83 bits per heavy atom. The molecule has 1 saturated heterocycles. The van der Waals surface area contributed by atoms with Gasteiger partial charge in [-0.15, -0.1) is 0 Å². The van der Waals surface area contributed by atoms with Gasteiger partial charge in [0.15, 0.2) is 12.6 Å². The van der Waals surface area contributed by atoms with Crippen molar-refractivity contribution in [1.29, 1.82) is 0 Å². The molecule has 0 spiro atoms. The normalized spacial score (nSPS) is 48.8. The molecule has 1 fully saturated rings. The molecule has 0 radical (unpaired) electrons. The number of hydrogen-bond acceptors (Lipinski definition) is 5. The van der Waals surface area contributed by atoms with Gasteiger partial charge in [-0.05, 0) is 0 Å². The Bertz CT molecular complexity index is 171. The Hall–Kier alpha value is -0.490. The summed E-state index contributed by atoms with van der Waals surface area (Å²) < 4.78 is 4.62. The second kappa shape index (κ2) is 3.49. The molecule has 0 amide bonds. The van der Waals surface area contributed by atoms with Gasteiger partial charge in [-0.2, -0.15) is 0 Å². The zero-order valence-corrected chi connectivity index (χ0v) is 6.62. The highest BCUT2D eigenvalue weighted by Gasteiger charge is 2.40. The summed E-state index contributed by atoms with van der Waals surface area (Å²) in [5.41, 5.74) is 0. The van der Waals surface area contributed by atoms with Gasteiger partial charge in [0.05, 0.1) is 6.10 Å². The molecule has 5 nitrogen and oxygen atoms in total. The quantitative estimate of drug-likeness (QED) is 0.413. The fraction of sp³-hybridized carbons (Fsp3) is 0.857. The third kappa shape index (κ3) is 1.49. The van der Waals surface area contributed by atoms with Gasteiger partial charge in [0, 0.05) is 5.92 Å². The number of carbonyl (C=O) groups excluding carboxylic acids is 1. The van der Waals surface area contributed by atoms with Crippen LogP contribution >= 0.6 is 0 Å². The van der Waals surface area contributed by atoms with Crippen molar-refractivity contribution in [3.05, 3.63) is 0 Å². The molecular formula is C7H12O5. The molecule has 0 saturated carbocycles. The smallest absolute Gasteiger partial charge is 0.182 e. The number of aliphatic hydroxyl groups excluding tert-OH is 3. The van der Waals surface area contributed by atoms with Crippen LogP contribution in [-0.4, -0.2) is 46.2 Å². The summed E-state index contributed by atoms with van der Waals surface area (Å²) in [4.78, 5) is 10.3. The van der Waals surface area contributed by atoms with Crippen LogP contribution in [0.15, 0.2) is 0 Å². The molecule has 3 N–H and O–H groups in total. The van der Waals surface area contributed by atoms with Crippen LogP contribution in [0.4, 0.5) is 0 Å². The second-order valence-corrected chi connectivity index (χ2v) is 2.97. The Labute approximate surface area is 69.6 Å². The third-order valence-corrected chi connectivity index (χ3v) is 2.14. The first-order chi connectivity index (χ1) is 5.57. The molecule has 5 heteroatoms. The molecule has 1 aliphatic heterocycles. The van der Waals surface area contributed by atoms with E-state index >= 15 is 0 Å². The van der Waals surface area contributed by atoms with Crippen molar-refractivity contribution in [2.75, 3.05) is 0 Å². The lowest BCUT2D eigenvalue weighted by molar-refractivity contribution is -0.256.